The van der Waals surface area contributed by atoms with Crippen molar-refractivity contribution in [2.75, 3.05) is 10.6 Å². The van der Waals surface area contributed by atoms with E-state index >= 15 is 0 Å². The summed E-state index contributed by atoms with van der Waals surface area (Å²) in [6.07, 6.45) is 5.43. The second kappa shape index (κ2) is 5.81. The lowest BCUT2D eigenvalue weighted by molar-refractivity contribution is 0.102. The molecule has 0 atom stereocenters. The SMILES string of the molecule is Cc1ccc(NC(=O)c2cnc(NC3CC3)cn2)c(Br)c1. The summed E-state index contributed by atoms with van der Waals surface area (Å²) >= 11 is 3.43. The molecular formula is C15H15BrN4O. The van der Waals surface area contributed by atoms with Crippen LogP contribution in [0.3, 0.4) is 0 Å². The number of hydrogen-bond donors (Lipinski definition) is 2. The molecule has 1 amide bonds. The Morgan fingerprint density at radius 3 is 2.71 bits per heavy atom. The van der Waals surface area contributed by atoms with Crippen LogP contribution in [0.15, 0.2) is 35.1 Å². The summed E-state index contributed by atoms with van der Waals surface area (Å²) in [6.45, 7) is 1.99. The van der Waals surface area contributed by atoms with Gasteiger partial charge >= 0.3 is 0 Å². The number of carbonyl (C=O) groups is 1. The van der Waals surface area contributed by atoms with Crippen LogP contribution in [0.4, 0.5) is 11.5 Å². The van der Waals surface area contributed by atoms with Gasteiger partial charge in [-0.2, -0.15) is 0 Å². The number of nitrogens with zero attached hydrogens (tertiary/aromatic N) is 2. The molecule has 1 aliphatic carbocycles. The van der Waals surface area contributed by atoms with E-state index in [4.69, 9.17) is 0 Å². The van der Waals surface area contributed by atoms with Crippen LogP contribution in [0.2, 0.25) is 0 Å². The van der Waals surface area contributed by atoms with Gasteiger partial charge in [-0.1, -0.05) is 6.07 Å². The first kappa shape index (κ1) is 14.0. The smallest absolute Gasteiger partial charge is 0.275 e. The number of carbonyl (C=O) groups excluding carboxylic acids is 1. The highest BCUT2D eigenvalue weighted by atomic mass is 79.9. The molecule has 0 saturated heterocycles. The molecule has 0 spiro atoms. The number of anilines is 2. The van der Waals surface area contributed by atoms with Gasteiger partial charge in [-0.25, -0.2) is 9.97 Å². The normalized spacial score (nSPS) is 13.8. The first-order chi connectivity index (χ1) is 10.1. The lowest BCUT2D eigenvalue weighted by atomic mass is 10.2. The Balaban J connectivity index is 1.69. The molecule has 5 nitrogen and oxygen atoms in total. The number of benzene rings is 1. The Morgan fingerprint density at radius 2 is 2.10 bits per heavy atom. The van der Waals surface area contributed by atoms with E-state index in [1.54, 1.807) is 6.20 Å². The van der Waals surface area contributed by atoms with E-state index in [1.165, 1.54) is 19.0 Å². The lowest BCUT2D eigenvalue weighted by Gasteiger charge is -2.08. The van der Waals surface area contributed by atoms with Gasteiger partial charge in [-0.15, -0.1) is 0 Å². The number of rotatable bonds is 4. The molecule has 3 rings (SSSR count). The van der Waals surface area contributed by atoms with Gasteiger partial charge in [0.2, 0.25) is 0 Å². The van der Waals surface area contributed by atoms with Gasteiger partial charge in [0, 0.05) is 10.5 Å². The zero-order valence-corrected chi connectivity index (χ0v) is 13.1. The molecule has 2 N–H and O–H groups in total. The molecule has 1 saturated carbocycles. The first-order valence-electron chi connectivity index (χ1n) is 6.78. The van der Waals surface area contributed by atoms with E-state index in [0.29, 0.717) is 23.2 Å². The Kier molecular flexibility index (Phi) is 3.88. The topological polar surface area (TPSA) is 66.9 Å². The third kappa shape index (κ3) is 3.58. The van der Waals surface area contributed by atoms with Crippen molar-refractivity contribution in [3.8, 4) is 0 Å². The molecule has 1 heterocycles. The second-order valence-electron chi connectivity index (χ2n) is 5.14. The van der Waals surface area contributed by atoms with Gasteiger partial charge in [0.15, 0.2) is 0 Å². The highest BCUT2D eigenvalue weighted by Gasteiger charge is 2.21. The van der Waals surface area contributed by atoms with Crippen molar-refractivity contribution in [1.29, 1.82) is 0 Å². The molecule has 0 bridgehead atoms. The average molecular weight is 347 g/mol. The summed E-state index contributed by atoms with van der Waals surface area (Å²) in [4.78, 5) is 20.5. The van der Waals surface area contributed by atoms with Crippen LogP contribution in [-0.2, 0) is 0 Å². The molecule has 1 aliphatic rings. The van der Waals surface area contributed by atoms with Gasteiger partial charge < -0.3 is 10.6 Å². The molecule has 0 aliphatic heterocycles. The highest BCUT2D eigenvalue weighted by molar-refractivity contribution is 9.10. The maximum atomic E-state index is 12.1. The number of aromatic nitrogens is 2. The molecule has 1 aromatic carbocycles. The van der Waals surface area contributed by atoms with Crippen molar-refractivity contribution < 1.29 is 4.79 Å². The summed E-state index contributed by atoms with van der Waals surface area (Å²) in [7, 11) is 0. The highest BCUT2D eigenvalue weighted by Crippen LogP contribution is 2.24. The lowest BCUT2D eigenvalue weighted by Crippen LogP contribution is -2.15. The van der Waals surface area contributed by atoms with E-state index in [2.05, 4.69) is 36.5 Å². The molecule has 1 aromatic heterocycles. The van der Waals surface area contributed by atoms with Crippen LogP contribution < -0.4 is 10.6 Å². The summed E-state index contributed by atoms with van der Waals surface area (Å²) in [6, 6.07) is 6.26. The number of aryl methyl sites for hydroxylation is 1. The molecule has 108 valence electrons. The standard InChI is InChI=1S/C15H15BrN4O/c1-9-2-5-12(11(16)6-9)20-15(21)13-7-18-14(8-17-13)19-10-3-4-10/h2,5-8,10H,3-4H2,1H3,(H,18,19)(H,20,21). The van der Waals surface area contributed by atoms with Gasteiger partial charge in [-0.05, 0) is 53.4 Å². The van der Waals surface area contributed by atoms with Gasteiger partial charge in [0.25, 0.3) is 5.91 Å². The summed E-state index contributed by atoms with van der Waals surface area (Å²) in [5.74, 6) is 0.440. The Hall–Kier alpha value is -1.95. The minimum absolute atomic E-state index is 0.273. The first-order valence-corrected chi connectivity index (χ1v) is 7.57. The van der Waals surface area contributed by atoms with Crippen molar-refractivity contribution in [2.24, 2.45) is 0 Å². The Bertz CT molecular complexity index is 668. The fraction of sp³-hybridized carbons (Fsp3) is 0.267. The summed E-state index contributed by atoms with van der Waals surface area (Å²) < 4.78 is 0.843. The summed E-state index contributed by atoms with van der Waals surface area (Å²) in [5, 5.41) is 6.05. The van der Waals surface area contributed by atoms with E-state index in [0.717, 1.165) is 10.0 Å². The van der Waals surface area contributed by atoms with E-state index in [1.807, 2.05) is 25.1 Å². The quantitative estimate of drug-likeness (QED) is 0.890. The predicted molar refractivity (Wildman–Crippen MR) is 85.5 cm³/mol. The largest absolute Gasteiger partial charge is 0.366 e. The van der Waals surface area contributed by atoms with Crippen LogP contribution in [0.5, 0.6) is 0 Å². The third-order valence-corrected chi connectivity index (χ3v) is 3.84. The van der Waals surface area contributed by atoms with Crippen molar-refractivity contribution in [3.63, 3.8) is 0 Å². The molecule has 21 heavy (non-hydrogen) atoms. The van der Waals surface area contributed by atoms with Crippen LogP contribution in [-0.4, -0.2) is 21.9 Å². The molecule has 1 fully saturated rings. The Morgan fingerprint density at radius 1 is 1.29 bits per heavy atom. The van der Waals surface area contributed by atoms with Crippen LogP contribution >= 0.6 is 15.9 Å². The molecular weight excluding hydrogens is 332 g/mol. The summed E-state index contributed by atoms with van der Waals surface area (Å²) in [5.41, 5.74) is 2.13. The maximum absolute atomic E-state index is 12.1. The fourth-order valence-corrected chi connectivity index (χ4v) is 2.46. The third-order valence-electron chi connectivity index (χ3n) is 3.19. The van der Waals surface area contributed by atoms with Crippen molar-refractivity contribution in [3.05, 3.63) is 46.3 Å². The predicted octanol–water partition coefficient (Wildman–Crippen LogP) is 3.37. The Labute approximate surface area is 131 Å². The molecule has 2 aromatic rings. The number of amides is 1. The second-order valence-corrected chi connectivity index (χ2v) is 6.00. The maximum Gasteiger partial charge on any atom is 0.275 e. The average Bonchev–Trinajstić information content (AvgIpc) is 3.26. The zero-order chi connectivity index (χ0) is 14.8. The van der Waals surface area contributed by atoms with E-state index in [-0.39, 0.29) is 5.91 Å². The number of halogens is 1. The van der Waals surface area contributed by atoms with Crippen LogP contribution in [0, 0.1) is 6.92 Å². The van der Waals surface area contributed by atoms with Crippen molar-refractivity contribution in [2.45, 2.75) is 25.8 Å². The molecule has 0 unspecified atom stereocenters. The van der Waals surface area contributed by atoms with Gasteiger partial charge in [0.1, 0.15) is 11.5 Å². The van der Waals surface area contributed by atoms with Crippen molar-refractivity contribution >= 4 is 33.3 Å². The number of hydrogen-bond acceptors (Lipinski definition) is 4. The molecule has 0 radical (unpaired) electrons. The van der Waals surface area contributed by atoms with Gasteiger partial charge in [-0.3, -0.25) is 4.79 Å². The zero-order valence-electron chi connectivity index (χ0n) is 11.6. The number of nitrogens with one attached hydrogen (secondary N) is 2. The van der Waals surface area contributed by atoms with E-state index < -0.39 is 0 Å². The monoisotopic (exact) mass is 346 g/mol. The fourth-order valence-electron chi connectivity index (χ4n) is 1.86. The minimum Gasteiger partial charge on any atom is -0.366 e. The van der Waals surface area contributed by atoms with Crippen molar-refractivity contribution in [1.82, 2.24) is 9.97 Å². The van der Waals surface area contributed by atoms with Crippen LogP contribution in [0.1, 0.15) is 28.9 Å². The van der Waals surface area contributed by atoms with Crippen LogP contribution in [0.25, 0.3) is 0 Å². The van der Waals surface area contributed by atoms with E-state index in [9.17, 15) is 4.79 Å². The molecule has 6 heteroatoms. The van der Waals surface area contributed by atoms with Gasteiger partial charge in [0.05, 0.1) is 18.1 Å². The minimum atomic E-state index is -0.273.